The van der Waals surface area contributed by atoms with Crippen molar-refractivity contribution in [1.82, 2.24) is 20.2 Å². The van der Waals surface area contributed by atoms with Crippen LogP contribution in [0.15, 0.2) is 6.33 Å². The Balaban J connectivity index is 1.43. The molecule has 2 saturated heterocycles. The number of aromatic nitrogens is 2. The van der Waals surface area contributed by atoms with Gasteiger partial charge < -0.3 is 20.8 Å². The second-order valence-corrected chi connectivity index (χ2v) is 5.24. The molecule has 2 aliphatic heterocycles. The number of hydrogen-bond donors (Lipinski definition) is 3. The average molecular weight is 279 g/mol. The fourth-order valence-corrected chi connectivity index (χ4v) is 2.64. The third-order valence-electron chi connectivity index (χ3n) is 3.80. The molecule has 20 heavy (non-hydrogen) atoms. The van der Waals surface area contributed by atoms with Gasteiger partial charge in [0.2, 0.25) is 0 Å². The zero-order chi connectivity index (χ0) is 14.2. The minimum atomic E-state index is -0.719. The summed E-state index contributed by atoms with van der Waals surface area (Å²) in [6.07, 6.45) is 2.41. The Morgan fingerprint density at radius 1 is 1.55 bits per heavy atom. The van der Waals surface area contributed by atoms with E-state index in [0.717, 1.165) is 32.7 Å². The van der Waals surface area contributed by atoms with E-state index in [1.807, 2.05) is 0 Å². The highest BCUT2D eigenvalue weighted by Crippen LogP contribution is 2.35. The molecule has 8 nitrogen and oxygen atoms in total. The van der Waals surface area contributed by atoms with Crippen LogP contribution in [0.3, 0.4) is 0 Å². The zero-order valence-corrected chi connectivity index (χ0v) is 11.0. The molecule has 0 unspecified atom stereocenters. The lowest BCUT2D eigenvalue weighted by atomic mass is 9.86. The summed E-state index contributed by atoms with van der Waals surface area (Å²) in [6.45, 7) is 3.99. The number of ether oxygens (including phenoxy) is 1. The maximum Gasteiger partial charge on any atom is 0.270 e. The molecular formula is C12H17N5O3. The maximum absolute atomic E-state index is 11.9. The molecule has 0 saturated carbocycles. The Morgan fingerprint density at radius 3 is 2.90 bits per heavy atom. The number of carbonyl (C=O) groups is 2. The van der Waals surface area contributed by atoms with Gasteiger partial charge in [-0.05, 0) is 0 Å². The van der Waals surface area contributed by atoms with Gasteiger partial charge in [0.25, 0.3) is 11.8 Å². The minimum absolute atomic E-state index is 0.0340. The van der Waals surface area contributed by atoms with Crippen LogP contribution in [0.25, 0.3) is 0 Å². The van der Waals surface area contributed by atoms with Gasteiger partial charge in [-0.15, -0.1) is 0 Å². The molecule has 2 amide bonds. The van der Waals surface area contributed by atoms with E-state index in [4.69, 9.17) is 10.5 Å². The third kappa shape index (κ3) is 2.27. The molecular weight excluding hydrogens is 262 g/mol. The molecule has 2 aliphatic rings. The Kier molecular flexibility index (Phi) is 3.19. The van der Waals surface area contributed by atoms with Gasteiger partial charge in [0.05, 0.1) is 18.5 Å². The van der Waals surface area contributed by atoms with Crippen LogP contribution in [0.5, 0.6) is 0 Å². The maximum atomic E-state index is 11.9. The number of primary amides is 1. The summed E-state index contributed by atoms with van der Waals surface area (Å²) in [5.41, 5.74) is 5.31. The van der Waals surface area contributed by atoms with E-state index in [9.17, 15) is 9.59 Å². The van der Waals surface area contributed by atoms with Gasteiger partial charge in [-0.2, -0.15) is 0 Å². The lowest BCUT2D eigenvalue weighted by Crippen LogP contribution is -2.68. The monoisotopic (exact) mass is 279 g/mol. The molecule has 0 bridgehead atoms. The highest BCUT2D eigenvalue weighted by molar-refractivity contribution is 6.04. The Morgan fingerprint density at radius 2 is 2.30 bits per heavy atom. The largest absolute Gasteiger partial charge is 0.372 e. The summed E-state index contributed by atoms with van der Waals surface area (Å²) < 4.78 is 5.52. The average Bonchev–Trinajstić information content (AvgIpc) is 2.78. The van der Waals surface area contributed by atoms with Crippen LogP contribution in [0, 0.1) is 0 Å². The Bertz CT molecular complexity index is 529. The number of imidazole rings is 1. The van der Waals surface area contributed by atoms with Gasteiger partial charge in [-0.3, -0.25) is 14.5 Å². The molecule has 3 heterocycles. The Hall–Kier alpha value is -1.93. The van der Waals surface area contributed by atoms with Crippen molar-refractivity contribution in [3.8, 4) is 0 Å². The van der Waals surface area contributed by atoms with Crippen molar-refractivity contribution in [2.75, 3.05) is 32.8 Å². The van der Waals surface area contributed by atoms with Gasteiger partial charge in [0, 0.05) is 32.6 Å². The number of aromatic amines is 1. The van der Waals surface area contributed by atoms with Crippen LogP contribution in [0.4, 0.5) is 0 Å². The van der Waals surface area contributed by atoms with E-state index in [1.54, 1.807) is 0 Å². The van der Waals surface area contributed by atoms with E-state index in [0.29, 0.717) is 6.54 Å². The van der Waals surface area contributed by atoms with E-state index in [1.165, 1.54) is 6.33 Å². The van der Waals surface area contributed by atoms with Gasteiger partial charge in [-0.1, -0.05) is 0 Å². The van der Waals surface area contributed by atoms with E-state index >= 15 is 0 Å². The molecule has 2 fully saturated rings. The number of amides is 2. The SMILES string of the molecule is NC(=O)c1nc[nH]c1C(=O)NCCN1CC2(CCO2)C1. The number of nitrogens with zero attached hydrogens (tertiary/aromatic N) is 2. The van der Waals surface area contributed by atoms with Crippen LogP contribution in [-0.2, 0) is 4.74 Å². The van der Waals surface area contributed by atoms with Gasteiger partial charge in [-0.25, -0.2) is 4.98 Å². The smallest absolute Gasteiger partial charge is 0.270 e. The first-order valence-corrected chi connectivity index (χ1v) is 6.57. The van der Waals surface area contributed by atoms with Crippen LogP contribution < -0.4 is 11.1 Å². The molecule has 108 valence electrons. The molecule has 1 aromatic rings. The molecule has 0 aliphatic carbocycles. The van der Waals surface area contributed by atoms with E-state index in [2.05, 4.69) is 20.2 Å². The van der Waals surface area contributed by atoms with Crippen LogP contribution in [0.1, 0.15) is 27.4 Å². The fraction of sp³-hybridized carbons (Fsp3) is 0.583. The van der Waals surface area contributed by atoms with Crippen LogP contribution in [0.2, 0.25) is 0 Å². The second-order valence-electron chi connectivity index (χ2n) is 5.24. The molecule has 0 aromatic carbocycles. The number of hydrogen-bond acceptors (Lipinski definition) is 5. The summed E-state index contributed by atoms with van der Waals surface area (Å²) in [6, 6.07) is 0. The van der Waals surface area contributed by atoms with Crippen molar-refractivity contribution in [2.24, 2.45) is 5.73 Å². The summed E-state index contributed by atoms with van der Waals surface area (Å²) in [5.74, 6) is -1.09. The number of nitrogens with two attached hydrogens (primary N) is 1. The number of rotatable bonds is 5. The third-order valence-corrected chi connectivity index (χ3v) is 3.80. The highest BCUT2D eigenvalue weighted by atomic mass is 16.5. The van der Waals surface area contributed by atoms with Crippen molar-refractivity contribution in [1.29, 1.82) is 0 Å². The standard InChI is InChI=1S/C12H17N5O3/c13-10(18)8-9(16-7-15-8)11(19)14-2-3-17-5-12(6-17)1-4-20-12/h7H,1-6H2,(H2,13,18)(H,14,19)(H,15,16). The lowest BCUT2D eigenvalue weighted by molar-refractivity contribution is -0.220. The van der Waals surface area contributed by atoms with Crippen molar-refractivity contribution < 1.29 is 14.3 Å². The van der Waals surface area contributed by atoms with Crippen LogP contribution in [-0.4, -0.2) is 65.1 Å². The number of nitrogens with one attached hydrogen (secondary N) is 2. The molecule has 8 heteroatoms. The first kappa shape index (κ1) is 13.1. The zero-order valence-electron chi connectivity index (χ0n) is 11.0. The molecule has 0 atom stereocenters. The molecule has 3 rings (SSSR count). The predicted molar refractivity (Wildman–Crippen MR) is 69.2 cm³/mol. The minimum Gasteiger partial charge on any atom is -0.372 e. The van der Waals surface area contributed by atoms with Crippen LogP contribution >= 0.6 is 0 Å². The molecule has 4 N–H and O–H groups in total. The second kappa shape index (κ2) is 4.88. The van der Waals surface area contributed by atoms with Gasteiger partial charge in [0.15, 0.2) is 5.69 Å². The summed E-state index contributed by atoms with van der Waals surface area (Å²) >= 11 is 0. The lowest BCUT2D eigenvalue weighted by Gasteiger charge is -2.55. The molecule has 1 aromatic heterocycles. The fourth-order valence-electron chi connectivity index (χ4n) is 2.64. The number of carbonyl (C=O) groups excluding carboxylic acids is 2. The van der Waals surface area contributed by atoms with Crippen molar-refractivity contribution in [3.63, 3.8) is 0 Å². The summed E-state index contributed by atoms with van der Waals surface area (Å²) in [7, 11) is 0. The number of H-pyrrole nitrogens is 1. The first-order valence-electron chi connectivity index (χ1n) is 6.57. The van der Waals surface area contributed by atoms with Crippen molar-refractivity contribution in [2.45, 2.75) is 12.0 Å². The van der Waals surface area contributed by atoms with E-state index in [-0.39, 0.29) is 22.9 Å². The summed E-state index contributed by atoms with van der Waals surface area (Å²) in [4.78, 5) is 31.5. The van der Waals surface area contributed by atoms with Crippen molar-refractivity contribution in [3.05, 3.63) is 17.7 Å². The normalized spacial score (nSPS) is 20.2. The Labute approximate surface area is 115 Å². The predicted octanol–water partition coefficient (Wildman–Crippen LogP) is -1.29. The summed E-state index contributed by atoms with van der Waals surface area (Å²) in [5, 5.41) is 2.74. The van der Waals surface area contributed by atoms with E-state index < -0.39 is 5.91 Å². The van der Waals surface area contributed by atoms with Crippen molar-refractivity contribution >= 4 is 11.8 Å². The highest BCUT2D eigenvalue weighted by Gasteiger charge is 2.48. The number of likely N-dealkylation sites (tertiary alicyclic amines) is 1. The van der Waals surface area contributed by atoms with Gasteiger partial charge in [0.1, 0.15) is 5.69 Å². The topological polar surface area (TPSA) is 113 Å². The molecule has 1 spiro atoms. The van der Waals surface area contributed by atoms with Gasteiger partial charge >= 0.3 is 0 Å². The molecule has 0 radical (unpaired) electrons. The quantitative estimate of drug-likeness (QED) is 0.621. The first-order chi connectivity index (χ1) is 9.60.